The van der Waals surface area contributed by atoms with E-state index in [1.807, 2.05) is 32.9 Å². The second kappa shape index (κ2) is 6.83. The molecular weight excluding hydrogens is 266 g/mol. The number of hydrogen-bond acceptors (Lipinski definition) is 3. The third-order valence-corrected chi connectivity index (χ3v) is 3.73. The molecule has 0 bridgehead atoms. The molecule has 0 saturated carbocycles. The highest BCUT2D eigenvalue weighted by Crippen LogP contribution is 2.38. The van der Waals surface area contributed by atoms with Crippen molar-refractivity contribution in [2.75, 3.05) is 11.9 Å². The molecule has 0 radical (unpaired) electrons. The van der Waals surface area contributed by atoms with E-state index < -0.39 is 0 Å². The molecule has 116 valence electrons. The molecule has 1 aliphatic heterocycles. The van der Waals surface area contributed by atoms with E-state index in [4.69, 9.17) is 9.47 Å². The fraction of sp³-hybridized carbons (Fsp3) is 0.588. The minimum Gasteiger partial charge on any atom is -0.492 e. The summed E-state index contributed by atoms with van der Waals surface area (Å²) < 4.78 is 11.4. The van der Waals surface area contributed by atoms with Crippen molar-refractivity contribution in [3.63, 3.8) is 0 Å². The number of carbonyl (C=O) groups excluding carboxylic acids is 1. The predicted octanol–water partition coefficient (Wildman–Crippen LogP) is 3.78. The zero-order chi connectivity index (χ0) is 15.4. The minimum atomic E-state index is -0.00225. The molecule has 1 heterocycles. The van der Waals surface area contributed by atoms with Crippen molar-refractivity contribution in [3.8, 4) is 11.5 Å². The molecule has 0 saturated heterocycles. The van der Waals surface area contributed by atoms with Gasteiger partial charge in [0.25, 0.3) is 0 Å². The van der Waals surface area contributed by atoms with Gasteiger partial charge in [0.15, 0.2) is 0 Å². The Morgan fingerprint density at radius 2 is 2.24 bits per heavy atom. The molecule has 4 nitrogen and oxygen atoms in total. The van der Waals surface area contributed by atoms with Gasteiger partial charge in [-0.25, -0.2) is 0 Å². The Kier molecular flexibility index (Phi) is 5.10. The van der Waals surface area contributed by atoms with Crippen LogP contribution in [0.15, 0.2) is 12.1 Å². The molecule has 4 heteroatoms. The maximum Gasteiger partial charge on any atom is 0.227 e. The average Bonchev–Trinajstić information content (AvgIpc) is 2.78. The van der Waals surface area contributed by atoms with Gasteiger partial charge >= 0.3 is 0 Å². The van der Waals surface area contributed by atoms with Gasteiger partial charge in [-0.3, -0.25) is 4.79 Å². The van der Waals surface area contributed by atoms with Crippen molar-refractivity contribution >= 4 is 11.6 Å². The summed E-state index contributed by atoms with van der Waals surface area (Å²) >= 11 is 0. The number of hydrogen-bond donors (Lipinski definition) is 1. The van der Waals surface area contributed by atoms with Gasteiger partial charge in [0, 0.05) is 24.0 Å². The Labute approximate surface area is 126 Å². The highest BCUT2D eigenvalue weighted by Gasteiger charge is 2.23. The molecule has 2 unspecified atom stereocenters. The maximum absolute atomic E-state index is 12.2. The van der Waals surface area contributed by atoms with Crippen LogP contribution in [-0.2, 0) is 11.2 Å². The smallest absolute Gasteiger partial charge is 0.227 e. The summed E-state index contributed by atoms with van der Waals surface area (Å²) in [7, 11) is 0. The Bertz CT molecular complexity index is 513. The lowest BCUT2D eigenvalue weighted by Gasteiger charge is -2.16. The average molecular weight is 291 g/mol. The van der Waals surface area contributed by atoms with E-state index in [0.29, 0.717) is 12.3 Å². The molecule has 0 spiro atoms. The zero-order valence-electron chi connectivity index (χ0n) is 13.4. The van der Waals surface area contributed by atoms with Gasteiger partial charge in [-0.2, -0.15) is 0 Å². The Balaban J connectivity index is 2.21. The van der Waals surface area contributed by atoms with Crippen molar-refractivity contribution < 1.29 is 14.3 Å². The number of fused-ring (bicyclic) bond motifs is 1. The van der Waals surface area contributed by atoms with Crippen molar-refractivity contribution in [3.05, 3.63) is 17.7 Å². The number of ether oxygens (including phenoxy) is 2. The third-order valence-electron chi connectivity index (χ3n) is 3.73. The SMILES string of the molecule is CCCC(C)C(=O)Nc1cc2c(cc1OCC)CC(C)O2. The van der Waals surface area contributed by atoms with Crippen molar-refractivity contribution in [1.29, 1.82) is 0 Å². The molecule has 1 N–H and O–H groups in total. The van der Waals surface area contributed by atoms with Crippen LogP contribution in [0.3, 0.4) is 0 Å². The predicted molar refractivity (Wildman–Crippen MR) is 84.1 cm³/mol. The first-order valence-corrected chi connectivity index (χ1v) is 7.82. The van der Waals surface area contributed by atoms with Gasteiger partial charge < -0.3 is 14.8 Å². The second-order valence-corrected chi connectivity index (χ2v) is 5.70. The topological polar surface area (TPSA) is 47.6 Å². The molecular formula is C17H25NO3. The van der Waals surface area contributed by atoms with E-state index in [9.17, 15) is 4.79 Å². The largest absolute Gasteiger partial charge is 0.492 e. The van der Waals surface area contributed by atoms with Crippen LogP contribution in [0.4, 0.5) is 5.69 Å². The lowest BCUT2D eigenvalue weighted by molar-refractivity contribution is -0.119. The van der Waals surface area contributed by atoms with Gasteiger partial charge in [0.1, 0.15) is 17.6 Å². The van der Waals surface area contributed by atoms with Gasteiger partial charge in [-0.05, 0) is 26.3 Å². The van der Waals surface area contributed by atoms with Crippen LogP contribution < -0.4 is 14.8 Å². The van der Waals surface area contributed by atoms with Crippen LogP contribution >= 0.6 is 0 Å². The molecule has 2 rings (SSSR count). The van der Waals surface area contributed by atoms with Crippen LogP contribution in [0, 0.1) is 5.92 Å². The summed E-state index contributed by atoms with van der Waals surface area (Å²) in [6.45, 7) is 8.59. The van der Waals surface area contributed by atoms with Gasteiger partial charge in [0.2, 0.25) is 5.91 Å². The first-order chi connectivity index (χ1) is 10.0. The molecule has 0 aliphatic carbocycles. The Morgan fingerprint density at radius 3 is 2.90 bits per heavy atom. The quantitative estimate of drug-likeness (QED) is 0.867. The normalized spacial score (nSPS) is 17.8. The summed E-state index contributed by atoms with van der Waals surface area (Å²) in [5, 5.41) is 2.98. The molecule has 1 aromatic rings. The lowest BCUT2D eigenvalue weighted by Crippen LogP contribution is -2.20. The van der Waals surface area contributed by atoms with Crippen LogP contribution in [0.2, 0.25) is 0 Å². The molecule has 0 aromatic heterocycles. The highest BCUT2D eigenvalue weighted by molar-refractivity contribution is 5.94. The Morgan fingerprint density at radius 1 is 1.48 bits per heavy atom. The first-order valence-electron chi connectivity index (χ1n) is 7.82. The van der Waals surface area contributed by atoms with E-state index in [1.165, 1.54) is 0 Å². The van der Waals surface area contributed by atoms with E-state index in [0.717, 1.165) is 36.3 Å². The van der Waals surface area contributed by atoms with Gasteiger partial charge in [-0.1, -0.05) is 20.3 Å². The second-order valence-electron chi connectivity index (χ2n) is 5.70. The lowest BCUT2D eigenvalue weighted by atomic mass is 10.0. The van der Waals surface area contributed by atoms with E-state index in [2.05, 4.69) is 12.2 Å². The molecule has 1 amide bonds. The van der Waals surface area contributed by atoms with Crippen molar-refractivity contribution in [2.45, 2.75) is 53.1 Å². The number of amides is 1. The fourth-order valence-electron chi connectivity index (χ4n) is 2.63. The summed E-state index contributed by atoms with van der Waals surface area (Å²) in [5.41, 5.74) is 1.85. The van der Waals surface area contributed by atoms with E-state index in [-0.39, 0.29) is 17.9 Å². The third kappa shape index (κ3) is 3.69. The standard InChI is InChI=1S/C17H25NO3/c1-5-7-11(3)17(19)18-14-10-15-13(8-12(4)21-15)9-16(14)20-6-2/h9-12H,5-8H2,1-4H3,(H,18,19). The van der Waals surface area contributed by atoms with E-state index in [1.54, 1.807) is 0 Å². The summed E-state index contributed by atoms with van der Waals surface area (Å²) in [4.78, 5) is 12.2. The van der Waals surface area contributed by atoms with Crippen LogP contribution in [0.5, 0.6) is 11.5 Å². The Hall–Kier alpha value is -1.71. The fourth-order valence-corrected chi connectivity index (χ4v) is 2.63. The number of anilines is 1. The van der Waals surface area contributed by atoms with Crippen LogP contribution in [-0.4, -0.2) is 18.6 Å². The van der Waals surface area contributed by atoms with Crippen LogP contribution in [0.1, 0.15) is 46.1 Å². The molecule has 21 heavy (non-hydrogen) atoms. The van der Waals surface area contributed by atoms with Crippen molar-refractivity contribution in [1.82, 2.24) is 0 Å². The minimum absolute atomic E-state index is 0.00225. The molecule has 2 atom stereocenters. The van der Waals surface area contributed by atoms with Crippen LogP contribution in [0.25, 0.3) is 0 Å². The molecule has 1 aliphatic rings. The molecule has 1 aromatic carbocycles. The summed E-state index contributed by atoms with van der Waals surface area (Å²) in [6, 6.07) is 3.88. The highest BCUT2D eigenvalue weighted by atomic mass is 16.5. The van der Waals surface area contributed by atoms with Crippen molar-refractivity contribution in [2.24, 2.45) is 5.92 Å². The number of rotatable bonds is 6. The maximum atomic E-state index is 12.2. The van der Waals surface area contributed by atoms with Gasteiger partial charge in [0.05, 0.1) is 12.3 Å². The first kappa shape index (κ1) is 15.7. The number of nitrogens with one attached hydrogen (secondary N) is 1. The van der Waals surface area contributed by atoms with E-state index >= 15 is 0 Å². The molecule has 0 fully saturated rings. The number of benzene rings is 1. The number of carbonyl (C=O) groups is 1. The zero-order valence-corrected chi connectivity index (χ0v) is 13.4. The summed E-state index contributed by atoms with van der Waals surface area (Å²) in [6.07, 6.45) is 2.95. The van der Waals surface area contributed by atoms with Gasteiger partial charge in [-0.15, -0.1) is 0 Å². The monoisotopic (exact) mass is 291 g/mol. The summed E-state index contributed by atoms with van der Waals surface area (Å²) in [5.74, 6) is 1.61.